The predicted octanol–water partition coefficient (Wildman–Crippen LogP) is 6.77. The monoisotopic (exact) mass is 381 g/mol. The van der Waals surface area contributed by atoms with Crippen molar-refractivity contribution in [3.8, 4) is 5.75 Å². The average Bonchev–Trinajstić information content (AvgIpc) is 2.70. The lowest BCUT2D eigenvalue weighted by atomic mass is 9.79. The van der Waals surface area contributed by atoms with Gasteiger partial charge in [-0.05, 0) is 35.5 Å². The molecule has 0 spiro atoms. The van der Waals surface area contributed by atoms with E-state index >= 15 is 0 Å². The zero-order chi connectivity index (χ0) is 20.4. The average molecular weight is 382 g/mol. The van der Waals surface area contributed by atoms with Crippen LogP contribution in [-0.2, 0) is 5.41 Å². The van der Waals surface area contributed by atoms with Crippen LogP contribution in [0.4, 0.5) is 0 Å². The lowest BCUT2D eigenvalue weighted by Gasteiger charge is -2.29. The normalized spacial score (nSPS) is 15.2. The van der Waals surface area contributed by atoms with E-state index in [2.05, 4.69) is 63.1 Å². The van der Waals surface area contributed by atoms with E-state index in [1.54, 1.807) is 0 Å². The molecule has 1 heterocycles. The largest absolute Gasteiger partial charge is 0.489 e. The molecule has 0 N–H and O–H groups in total. The Hall–Kier alpha value is -1.80. The topological polar surface area (TPSA) is 12.5 Å². The van der Waals surface area contributed by atoms with Crippen LogP contribution in [0.15, 0.2) is 49.6 Å². The molecule has 0 unspecified atom stereocenters. The number of hydrogen-bond donors (Lipinski definition) is 0. The van der Waals surface area contributed by atoms with Gasteiger partial charge in [0.2, 0.25) is 0 Å². The minimum Gasteiger partial charge on any atom is -0.489 e. The molecule has 1 aromatic carbocycles. The molecule has 0 bridgehead atoms. The van der Waals surface area contributed by atoms with E-state index < -0.39 is 0 Å². The van der Waals surface area contributed by atoms with Crippen LogP contribution in [0.25, 0.3) is 5.57 Å². The molecule has 0 fully saturated rings. The number of unbranched alkanes of at least 4 members (excludes halogenated alkanes) is 3. The number of hydrogen-bond acceptors (Lipinski definition) is 2. The second kappa shape index (κ2) is 11.3. The Morgan fingerprint density at radius 3 is 2.68 bits per heavy atom. The van der Waals surface area contributed by atoms with Gasteiger partial charge in [-0.15, -0.1) is 6.58 Å². The van der Waals surface area contributed by atoms with Crippen LogP contribution >= 0.6 is 0 Å². The highest BCUT2D eigenvalue weighted by Gasteiger charge is 2.23. The van der Waals surface area contributed by atoms with Crippen LogP contribution < -0.4 is 4.74 Å². The minimum atomic E-state index is 0.161. The van der Waals surface area contributed by atoms with Crippen LogP contribution in [0.3, 0.4) is 0 Å². The molecule has 0 saturated heterocycles. The van der Waals surface area contributed by atoms with Gasteiger partial charge < -0.3 is 4.74 Å². The molecule has 2 heteroatoms. The maximum Gasteiger partial charge on any atom is 0.127 e. The number of ether oxygens (including phenoxy) is 1. The first-order valence-electron chi connectivity index (χ1n) is 10.9. The summed E-state index contributed by atoms with van der Waals surface area (Å²) in [6.45, 7) is 18.2. The van der Waals surface area contributed by atoms with Crippen molar-refractivity contribution in [2.24, 2.45) is 0 Å². The summed E-state index contributed by atoms with van der Waals surface area (Å²) in [4.78, 5) is 2.44. The van der Waals surface area contributed by atoms with Crippen LogP contribution in [-0.4, -0.2) is 31.1 Å². The predicted molar refractivity (Wildman–Crippen MR) is 123 cm³/mol. The fourth-order valence-electron chi connectivity index (χ4n) is 3.95. The standard InChI is InChI=1S/C26H39NO/c1-6-9-10-11-16-26(4,5)23-14-15-24(25(20-23)28-19-8-3)22-13-12-18-27(21-22)17-7-2/h7-8,13-15,20H,2-3,6,9-12,16-19,21H2,1,4-5H3. The molecule has 2 rings (SSSR count). The summed E-state index contributed by atoms with van der Waals surface area (Å²) in [6.07, 6.45) is 13.7. The van der Waals surface area contributed by atoms with E-state index in [0.29, 0.717) is 6.61 Å². The van der Waals surface area contributed by atoms with Crippen molar-refractivity contribution in [2.75, 3.05) is 26.2 Å². The molecule has 0 saturated carbocycles. The van der Waals surface area contributed by atoms with Gasteiger partial charge in [-0.25, -0.2) is 0 Å². The van der Waals surface area contributed by atoms with Gasteiger partial charge in [0.25, 0.3) is 0 Å². The third-order valence-electron chi connectivity index (χ3n) is 5.74. The zero-order valence-electron chi connectivity index (χ0n) is 18.3. The van der Waals surface area contributed by atoms with Crippen molar-refractivity contribution >= 4 is 5.57 Å². The second-order valence-corrected chi connectivity index (χ2v) is 8.55. The fourth-order valence-corrected chi connectivity index (χ4v) is 3.95. The van der Waals surface area contributed by atoms with Crippen molar-refractivity contribution in [3.05, 3.63) is 60.7 Å². The molecular weight excluding hydrogens is 342 g/mol. The molecule has 1 aliphatic rings. The molecule has 0 amide bonds. The van der Waals surface area contributed by atoms with E-state index in [9.17, 15) is 0 Å². The Bertz CT molecular complexity index is 671. The molecule has 0 atom stereocenters. The SMILES string of the molecule is C=CCOc1cc(C(C)(C)CCCCCC)ccc1C1=CCCN(CC=C)C1. The number of rotatable bonds is 12. The Kier molecular flexibility index (Phi) is 9.05. The van der Waals surface area contributed by atoms with Crippen molar-refractivity contribution in [1.82, 2.24) is 4.90 Å². The Morgan fingerprint density at radius 1 is 1.14 bits per heavy atom. The van der Waals surface area contributed by atoms with Crippen LogP contribution in [0.5, 0.6) is 5.75 Å². The molecule has 0 aliphatic carbocycles. The van der Waals surface area contributed by atoms with E-state index in [0.717, 1.165) is 31.8 Å². The van der Waals surface area contributed by atoms with Gasteiger partial charge in [0, 0.05) is 25.2 Å². The van der Waals surface area contributed by atoms with Gasteiger partial charge in [-0.2, -0.15) is 0 Å². The lowest BCUT2D eigenvalue weighted by Crippen LogP contribution is -2.29. The quantitative estimate of drug-likeness (QED) is 0.292. The molecular formula is C26H39NO. The van der Waals surface area contributed by atoms with E-state index in [-0.39, 0.29) is 5.41 Å². The maximum absolute atomic E-state index is 6.12. The molecule has 2 nitrogen and oxygen atoms in total. The minimum absolute atomic E-state index is 0.161. The van der Waals surface area contributed by atoms with Crippen molar-refractivity contribution in [2.45, 2.75) is 64.7 Å². The molecule has 0 radical (unpaired) electrons. The van der Waals surface area contributed by atoms with Gasteiger partial charge in [0.1, 0.15) is 12.4 Å². The summed E-state index contributed by atoms with van der Waals surface area (Å²) >= 11 is 0. The summed E-state index contributed by atoms with van der Waals surface area (Å²) in [5.74, 6) is 0.991. The van der Waals surface area contributed by atoms with Gasteiger partial charge in [0.15, 0.2) is 0 Å². The van der Waals surface area contributed by atoms with Gasteiger partial charge in [-0.3, -0.25) is 4.90 Å². The summed E-state index contributed by atoms with van der Waals surface area (Å²) in [5, 5.41) is 0. The van der Waals surface area contributed by atoms with E-state index in [1.807, 2.05) is 12.2 Å². The Balaban J connectivity index is 2.23. The Morgan fingerprint density at radius 2 is 1.96 bits per heavy atom. The van der Waals surface area contributed by atoms with Crippen LogP contribution in [0, 0.1) is 0 Å². The van der Waals surface area contributed by atoms with Crippen molar-refractivity contribution in [1.29, 1.82) is 0 Å². The summed E-state index contributed by atoms with van der Waals surface area (Å²) in [5.41, 5.74) is 4.11. The van der Waals surface area contributed by atoms with Crippen LogP contribution in [0.2, 0.25) is 0 Å². The van der Waals surface area contributed by atoms with Crippen molar-refractivity contribution in [3.63, 3.8) is 0 Å². The highest BCUT2D eigenvalue weighted by atomic mass is 16.5. The first kappa shape index (κ1) is 22.5. The lowest BCUT2D eigenvalue weighted by molar-refractivity contribution is 0.334. The Labute approximate surface area is 173 Å². The fraction of sp³-hybridized carbons (Fsp3) is 0.538. The number of benzene rings is 1. The van der Waals surface area contributed by atoms with Crippen LogP contribution in [0.1, 0.15) is 70.4 Å². The smallest absolute Gasteiger partial charge is 0.127 e. The second-order valence-electron chi connectivity index (χ2n) is 8.55. The van der Waals surface area contributed by atoms with E-state index in [4.69, 9.17) is 4.74 Å². The molecule has 28 heavy (non-hydrogen) atoms. The van der Waals surface area contributed by atoms with Gasteiger partial charge in [-0.1, -0.05) is 83.4 Å². The third-order valence-corrected chi connectivity index (χ3v) is 5.74. The summed E-state index contributed by atoms with van der Waals surface area (Å²) < 4.78 is 6.12. The highest BCUT2D eigenvalue weighted by molar-refractivity contribution is 5.73. The maximum atomic E-state index is 6.12. The third kappa shape index (κ3) is 6.38. The molecule has 154 valence electrons. The van der Waals surface area contributed by atoms with E-state index in [1.165, 1.54) is 48.8 Å². The molecule has 1 aliphatic heterocycles. The summed E-state index contributed by atoms with van der Waals surface area (Å²) in [6, 6.07) is 6.85. The highest BCUT2D eigenvalue weighted by Crippen LogP contribution is 2.36. The molecule has 0 aromatic heterocycles. The van der Waals surface area contributed by atoms with Crippen molar-refractivity contribution < 1.29 is 4.74 Å². The first-order chi connectivity index (χ1) is 13.5. The zero-order valence-corrected chi connectivity index (χ0v) is 18.3. The van der Waals surface area contributed by atoms with Gasteiger partial charge >= 0.3 is 0 Å². The summed E-state index contributed by atoms with van der Waals surface area (Å²) in [7, 11) is 0. The number of nitrogens with zero attached hydrogens (tertiary/aromatic N) is 1. The molecule has 1 aromatic rings. The van der Waals surface area contributed by atoms with Gasteiger partial charge in [0.05, 0.1) is 0 Å². The first-order valence-corrected chi connectivity index (χ1v) is 10.9.